The van der Waals surface area contributed by atoms with Crippen LogP contribution in [0.5, 0.6) is 0 Å². The number of nitrogens with one attached hydrogen (secondary N) is 1. The Morgan fingerprint density at radius 1 is 1.56 bits per heavy atom. The minimum atomic E-state index is -0.801. The Morgan fingerprint density at radius 2 is 2.28 bits per heavy atom. The predicted molar refractivity (Wildman–Crippen MR) is 64.1 cm³/mol. The summed E-state index contributed by atoms with van der Waals surface area (Å²) in [7, 11) is 1.70. The summed E-state index contributed by atoms with van der Waals surface area (Å²) in [5.74, 6) is -1.00. The van der Waals surface area contributed by atoms with Crippen LogP contribution in [0.4, 0.5) is 0 Å². The second-order valence-corrected chi connectivity index (χ2v) is 4.95. The number of aliphatic carboxylic acids is 1. The van der Waals surface area contributed by atoms with E-state index in [2.05, 4.69) is 10.4 Å². The second kappa shape index (κ2) is 4.80. The molecule has 1 saturated carbocycles. The van der Waals surface area contributed by atoms with Crippen LogP contribution in [0.3, 0.4) is 0 Å². The summed E-state index contributed by atoms with van der Waals surface area (Å²) in [6.07, 6.45) is 4.45. The Hall–Kier alpha value is -1.85. The molecular weight excluding hydrogens is 234 g/mol. The SMILES string of the molecule is Cn1nccc1C(=O)NCC1(CC(=O)O)CCC1. The van der Waals surface area contributed by atoms with Gasteiger partial charge in [-0.3, -0.25) is 14.3 Å². The molecule has 1 aromatic heterocycles. The number of nitrogens with zero attached hydrogens (tertiary/aromatic N) is 2. The zero-order valence-corrected chi connectivity index (χ0v) is 10.3. The van der Waals surface area contributed by atoms with Crippen molar-refractivity contribution in [2.45, 2.75) is 25.7 Å². The fourth-order valence-electron chi connectivity index (χ4n) is 2.37. The maximum atomic E-state index is 11.9. The van der Waals surface area contributed by atoms with Gasteiger partial charge in [0.1, 0.15) is 5.69 Å². The van der Waals surface area contributed by atoms with E-state index >= 15 is 0 Å². The molecule has 1 amide bonds. The molecule has 6 nitrogen and oxygen atoms in total. The van der Waals surface area contributed by atoms with Crippen molar-refractivity contribution in [3.8, 4) is 0 Å². The van der Waals surface area contributed by atoms with Crippen molar-refractivity contribution in [2.75, 3.05) is 6.54 Å². The smallest absolute Gasteiger partial charge is 0.303 e. The maximum Gasteiger partial charge on any atom is 0.303 e. The van der Waals surface area contributed by atoms with E-state index in [1.165, 1.54) is 4.68 Å². The Labute approximate surface area is 105 Å². The quantitative estimate of drug-likeness (QED) is 0.810. The van der Waals surface area contributed by atoms with E-state index in [9.17, 15) is 9.59 Å². The molecule has 1 aliphatic rings. The van der Waals surface area contributed by atoms with E-state index in [4.69, 9.17) is 5.11 Å². The van der Waals surface area contributed by atoms with Gasteiger partial charge in [0.2, 0.25) is 0 Å². The summed E-state index contributed by atoms with van der Waals surface area (Å²) in [5.41, 5.74) is 0.236. The molecule has 0 unspecified atom stereocenters. The number of carbonyl (C=O) groups excluding carboxylic acids is 1. The molecule has 1 aromatic rings. The lowest BCUT2D eigenvalue weighted by molar-refractivity contribution is -0.141. The van der Waals surface area contributed by atoms with Gasteiger partial charge < -0.3 is 10.4 Å². The number of rotatable bonds is 5. The minimum Gasteiger partial charge on any atom is -0.481 e. The number of aromatic nitrogens is 2. The summed E-state index contributed by atoms with van der Waals surface area (Å²) < 4.78 is 1.50. The first-order valence-corrected chi connectivity index (χ1v) is 6.00. The van der Waals surface area contributed by atoms with Crippen molar-refractivity contribution in [3.05, 3.63) is 18.0 Å². The summed E-state index contributed by atoms with van der Waals surface area (Å²) in [6, 6.07) is 1.64. The molecule has 0 saturated heterocycles. The number of amides is 1. The summed E-state index contributed by atoms with van der Waals surface area (Å²) >= 11 is 0. The lowest BCUT2D eigenvalue weighted by Crippen LogP contribution is -2.43. The van der Waals surface area contributed by atoms with Gasteiger partial charge in [0.15, 0.2) is 0 Å². The van der Waals surface area contributed by atoms with Gasteiger partial charge in [0.05, 0.1) is 6.42 Å². The molecule has 2 N–H and O–H groups in total. The Kier molecular flexibility index (Phi) is 3.36. The van der Waals surface area contributed by atoms with Crippen molar-refractivity contribution in [1.82, 2.24) is 15.1 Å². The van der Waals surface area contributed by atoms with Crippen LogP contribution >= 0.6 is 0 Å². The number of carbonyl (C=O) groups is 2. The predicted octanol–water partition coefficient (Wildman–Crippen LogP) is 0.795. The highest BCUT2D eigenvalue weighted by molar-refractivity contribution is 5.92. The lowest BCUT2D eigenvalue weighted by atomic mass is 9.66. The first-order valence-electron chi connectivity index (χ1n) is 6.00. The van der Waals surface area contributed by atoms with Crippen LogP contribution in [0, 0.1) is 5.41 Å². The average Bonchev–Trinajstić information content (AvgIpc) is 2.67. The van der Waals surface area contributed by atoms with Gasteiger partial charge >= 0.3 is 5.97 Å². The summed E-state index contributed by atoms with van der Waals surface area (Å²) in [5, 5.41) is 15.6. The molecule has 0 spiro atoms. The molecule has 0 aliphatic heterocycles. The molecule has 98 valence electrons. The molecule has 6 heteroatoms. The zero-order chi connectivity index (χ0) is 13.2. The highest BCUT2D eigenvalue weighted by atomic mass is 16.4. The van der Waals surface area contributed by atoms with Gasteiger partial charge in [-0.1, -0.05) is 6.42 Å². The molecule has 1 aliphatic carbocycles. The molecule has 2 rings (SSSR count). The van der Waals surface area contributed by atoms with Crippen LogP contribution in [-0.2, 0) is 11.8 Å². The minimum absolute atomic E-state index is 0.124. The van der Waals surface area contributed by atoms with Crippen LogP contribution in [0.15, 0.2) is 12.3 Å². The van der Waals surface area contributed by atoms with Gasteiger partial charge in [0, 0.05) is 19.8 Å². The molecule has 0 aromatic carbocycles. The van der Waals surface area contributed by atoms with Crippen LogP contribution in [0.2, 0.25) is 0 Å². The van der Waals surface area contributed by atoms with E-state index < -0.39 is 5.97 Å². The second-order valence-electron chi connectivity index (χ2n) is 4.95. The van der Waals surface area contributed by atoms with E-state index in [0.717, 1.165) is 19.3 Å². The van der Waals surface area contributed by atoms with E-state index in [1.807, 2.05) is 0 Å². The van der Waals surface area contributed by atoms with Gasteiger partial charge in [-0.2, -0.15) is 5.10 Å². The van der Waals surface area contributed by atoms with Crippen LogP contribution in [0.1, 0.15) is 36.2 Å². The highest BCUT2D eigenvalue weighted by Crippen LogP contribution is 2.43. The summed E-state index contributed by atoms with van der Waals surface area (Å²) in [6.45, 7) is 0.420. The molecular formula is C12H17N3O3. The van der Waals surface area contributed by atoms with E-state index in [1.54, 1.807) is 19.3 Å². The first kappa shape index (κ1) is 12.6. The summed E-state index contributed by atoms with van der Waals surface area (Å²) in [4.78, 5) is 22.7. The number of hydrogen-bond acceptors (Lipinski definition) is 3. The lowest BCUT2D eigenvalue weighted by Gasteiger charge is -2.40. The third kappa shape index (κ3) is 2.52. The molecule has 0 radical (unpaired) electrons. The van der Waals surface area contributed by atoms with Crippen LogP contribution < -0.4 is 5.32 Å². The van der Waals surface area contributed by atoms with Gasteiger partial charge in [0.25, 0.3) is 5.91 Å². The zero-order valence-electron chi connectivity index (χ0n) is 10.3. The highest BCUT2D eigenvalue weighted by Gasteiger charge is 2.39. The van der Waals surface area contributed by atoms with Crippen molar-refractivity contribution < 1.29 is 14.7 Å². The third-order valence-electron chi connectivity index (χ3n) is 3.62. The Balaban J connectivity index is 1.93. The average molecular weight is 251 g/mol. The van der Waals surface area contributed by atoms with Crippen molar-refractivity contribution in [1.29, 1.82) is 0 Å². The van der Waals surface area contributed by atoms with Crippen LogP contribution in [-0.4, -0.2) is 33.3 Å². The molecule has 18 heavy (non-hydrogen) atoms. The van der Waals surface area contributed by atoms with Crippen molar-refractivity contribution in [3.63, 3.8) is 0 Å². The Bertz CT molecular complexity index is 463. The molecule has 0 bridgehead atoms. The molecule has 1 heterocycles. The van der Waals surface area contributed by atoms with Gasteiger partial charge in [-0.15, -0.1) is 0 Å². The number of carboxylic acid groups (broad SMARTS) is 1. The molecule has 0 atom stereocenters. The number of aryl methyl sites for hydroxylation is 1. The topological polar surface area (TPSA) is 84.2 Å². The standard InChI is InChI=1S/C12H17N3O3/c1-15-9(3-6-14-15)11(18)13-8-12(4-2-5-12)7-10(16)17/h3,6H,2,4-5,7-8H2,1H3,(H,13,18)(H,16,17). The van der Waals surface area contributed by atoms with E-state index in [-0.39, 0.29) is 17.7 Å². The van der Waals surface area contributed by atoms with Crippen molar-refractivity contribution in [2.24, 2.45) is 12.5 Å². The van der Waals surface area contributed by atoms with E-state index in [0.29, 0.717) is 12.2 Å². The number of hydrogen-bond donors (Lipinski definition) is 2. The fraction of sp³-hybridized carbons (Fsp3) is 0.583. The van der Waals surface area contributed by atoms with Gasteiger partial charge in [-0.25, -0.2) is 0 Å². The molecule has 1 fully saturated rings. The monoisotopic (exact) mass is 251 g/mol. The van der Waals surface area contributed by atoms with Gasteiger partial charge in [-0.05, 0) is 24.3 Å². The Morgan fingerprint density at radius 3 is 2.72 bits per heavy atom. The fourth-order valence-corrected chi connectivity index (χ4v) is 2.37. The maximum absolute atomic E-state index is 11.9. The van der Waals surface area contributed by atoms with Crippen LogP contribution in [0.25, 0.3) is 0 Å². The first-order chi connectivity index (χ1) is 8.52. The van der Waals surface area contributed by atoms with Crippen molar-refractivity contribution >= 4 is 11.9 Å². The number of carboxylic acids is 1. The normalized spacial score (nSPS) is 16.9. The largest absolute Gasteiger partial charge is 0.481 e. The third-order valence-corrected chi connectivity index (χ3v) is 3.62.